The molecule has 0 atom stereocenters. The third kappa shape index (κ3) is 3.86. The van der Waals surface area contributed by atoms with Gasteiger partial charge < -0.3 is 19.4 Å². The van der Waals surface area contributed by atoms with E-state index in [-0.39, 0.29) is 5.91 Å². The van der Waals surface area contributed by atoms with Crippen LogP contribution in [0, 0.1) is 6.92 Å². The van der Waals surface area contributed by atoms with Crippen molar-refractivity contribution in [3.05, 3.63) is 70.9 Å². The van der Waals surface area contributed by atoms with Crippen LogP contribution in [0.3, 0.4) is 0 Å². The standard InChI is InChI=1S/C28H29N5O2S/c1-19-24-26(32-16-14-31(15-17-32)22-11-5-6-12-23(22)35-2)29-18-30-27(24)36-25(19)28(34)33-13-7-9-20-8-3-4-10-21(20)33/h3-6,8,10-12,18H,7,9,13-17H2,1-2H3. The Bertz CT molecular complexity index is 1430. The molecule has 0 spiro atoms. The summed E-state index contributed by atoms with van der Waals surface area (Å²) in [6.07, 6.45) is 3.63. The van der Waals surface area contributed by atoms with Crippen LogP contribution in [0.25, 0.3) is 10.2 Å². The average molecular weight is 500 g/mol. The summed E-state index contributed by atoms with van der Waals surface area (Å²) in [6, 6.07) is 16.4. The fourth-order valence-electron chi connectivity index (χ4n) is 5.41. The van der Waals surface area contributed by atoms with Gasteiger partial charge in [0.2, 0.25) is 0 Å². The second-order valence-corrected chi connectivity index (χ2v) is 10.3. The van der Waals surface area contributed by atoms with E-state index in [1.807, 2.05) is 42.2 Å². The van der Waals surface area contributed by atoms with Crippen LogP contribution in [-0.4, -0.2) is 55.7 Å². The van der Waals surface area contributed by atoms with Crippen LogP contribution >= 0.6 is 11.3 Å². The summed E-state index contributed by atoms with van der Waals surface area (Å²) < 4.78 is 5.57. The van der Waals surface area contributed by atoms with Gasteiger partial charge >= 0.3 is 0 Å². The van der Waals surface area contributed by atoms with E-state index >= 15 is 0 Å². The number of aryl methyl sites for hydroxylation is 2. The van der Waals surface area contributed by atoms with Crippen molar-refractivity contribution in [1.82, 2.24) is 9.97 Å². The number of aromatic nitrogens is 2. The van der Waals surface area contributed by atoms with Gasteiger partial charge in [0.15, 0.2) is 0 Å². The molecule has 6 rings (SSSR count). The van der Waals surface area contributed by atoms with Gasteiger partial charge in [-0.3, -0.25) is 4.79 Å². The van der Waals surface area contributed by atoms with Crippen LogP contribution < -0.4 is 19.4 Å². The fraction of sp³-hybridized carbons (Fsp3) is 0.321. The number of methoxy groups -OCH3 is 1. The molecule has 2 aliphatic rings. The number of benzene rings is 2. The minimum Gasteiger partial charge on any atom is -0.495 e. The Kier molecular flexibility index (Phi) is 5.97. The zero-order valence-electron chi connectivity index (χ0n) is 20.6. The third-order valence-corrected chi connectivity index (χ3v) is 8.45. The number of rotatable bonds is 4. The van der Waals surface area contributed by atoms with Crippen molar-refractivity contribution >= 4 is 44.7 Å². The van der Waals surface area contributed by atoms with Gasteiger partial charge in [-0.1, -0.05) is 30.3 Å². The molecule has 1 fully saturated rings. The van der Waals surface area contributed by atoms with Crippen molar-refractivity contribution in [3.8, 4) is 5.75 Å². The number of nitrogens with zero attached hydrogens (tertiary/aromatic N) is 5. The molecule has 0 unspecified atom stereocenters. The Morgan fingerprint density at radius 2 is 1.64 bits per heavy atom. The molecule has 0 aliphatic carbocycles. The first-order chi connectivity index (χ1) is 17.7. The van der Waals surface area contributed by atoms with Crippen molar-refractivity contribution in [3.63, 3.8) is 0 Å². The Morgan fingerprint density at radius 1 is 0.917 bits per heavy atom. The van der Waals surface area contributed by atoms with E-state index in [0.717, 1.165) is 89.2 Å². The molecule has 0 saturated carbocycles. The second-order valence-electron chi connectivity index (χ2n) is 9.27. The first-order valence-corrected chi connectivity index (χ1v) is 13.2. The molecule has 8 heteroatoms. The fourth-order valence-corrected chi connectivity index (χ4v) is 6.51. The number of para-hydroxylation sites is 3. The molecule has 2 aromatic carbocycles. The molecule has 36 heavy (non-hydrogen) atoms. The maximum Gasteiger partial charge on any atom is 0.268 e. The largest absolute Gasteiger partial charge is 0.495 e. The molecule has 0 radical (unpaired) electrons. The first-order valence-electron chi connectivity index (χ1n) is 12.4. The lowest BCUT2D eigenvalue weighted by molar-refractivity contribution is 0.0988. The number of piperazine rings is 1. The lowest BCUT2D eigenvalue weighted by atomic mass is 10.0. The Balaban J connectivity index is 1.28. The van der Waals surface area contributed by atoms with Crippen molar-refractivity contribution in [2.24, 2.45) is 0 Å². The first kappa shape index (κ1) is 22.8. The summed E-state index contributed by atoms with van der Waals surface area (Å²) in [5.74, 6) is 1.88. The number of anilines is 3. The lowest BCUT2D eigenvalue weighted by Gasteiger charge is -2.37. The Morgan fingerprint density at radius 3 is 2.44 bits per heavy atom. The van der Waals surface area contributed by atoms with Gasteiger partial charge in [0.1, 0.15) is 22.7 Å². The van der Waals surface area contributed by atoms with E-state index in [1.165, 1.54) is 16.9 Å². The number of carbonyl (C=O) groups is 1. The SMILES string of the molecule is COc1ccccc1N1CCN(c2ncnc3sc(C(=O)N4CCCc5ccccc54)c(C)c23)CC1. The molecular weight excluding hydrogens is 470 g/mol. The minimum absolute atomic E-state index is 0.0644. The van der Waals surface area contributed by atoms with Crippen molar-refractivity contribution in [2.75, 3.05) is 54.5 Å². The maximum absolute atomic E-state index is 13.8. The minimum atomic E-state index is 0.0644. The van der Waals surface area contributed by atoms with Gasteiger partial charge in [-0.05, 0) is 49.1 Å². The van der Waals surface area contributed by atoms with E-state index in [4.69, 9.17) is 9.72 Å². The number of ether oxygens (including phenoxy) is 1. The second kappa shape index (κ2) is 9.43. The topological polar surface area (TPSA) is 61.8 Å². The molecular formula is C28H29N5O2S. The number of hydrogen-bond acceptors (Lipinski definition) is 7. The van der Waals surface area contributed by atoms with Gasteiger partial charge in [0.05, 0.1) is 23.1 Å². The van der Waals surface area contributed by atoms with Gasteiger partial charge in [0.25, 0.3) is 5.91 Å². The van der Waals surface area contributed by atoms with E-state index in [9.17, 15) is 4.79 Å². The molecule has 0 bridgehead atoms. The number of carbonyl (C=O) groups excluding carboxylic acids is 1. The zero-order valence-corrected chi connectivity index (χ0v) is 21.4. The van der Waals surface area contributed by atoms with Crippen LogP contribution in [0.5, 0.6) is 5.75 Å². The highest BCUT2D eigenvalue weighted by Crippen LogP contribution is 2.38. The van der Waals surface area contributed by atoms with E-state index in [2.05, 4.69) is 33.0 Å². The highest BCUT2D eigenvalue weighted by molar-refractivity contribution is 7.20. The molecule has 7 nitrogen and oxygen atoms in total. The highest BCUT2D eigenvalue weighted by atomic mass is 32.1. The summed E-state index contributed by atoms with van der Waals surface area (Å²) in [4.78, 5) is 31.3. The summed E-state index contributed by atoms with van der Waals surface area (Å²) in [5, 5.41) is 1.00. The molecule has 0 N–H and O–H groups in total. The lowest BCUT2D eigenvalue weighted by Crippen LogP contribution is -2.47. The molecule has 2 aliphatic heterocycles. The highest BCUT2D eigenvalue weighted by Gasteiger charge is 2.29. The van der Waals surface area contributed by atoms with Crippen LogP contribution in [-0.2, 0) is 6.42 Å². The van der Waals surface area contributed by atoms with Crippen LogP contribution in [0.15, 0.2) is 54.9 Å². The van der Waals surface area contributed by atoms with Crippen LogP contribution in [0.4, 0.5) is 17.2 Å². The van der Waals surface area contributed by atoms with Gasteiger partial charge in [-0.2, -0.15) is 0 Å². The maximum atomic E-state index is 13.8. The Labute approximate surface area is 214 Å². The van der Waals surface area contributed by atoms with E-state index < -0.39 is 0 Å². The summed E-state index contributed by atoms with van der Waals surface area (Å²) in [7, 11) is 1.72. The van der Waals surface area contributed by atoms with Gasteiger partial charge in [-0.25, -0.2) is 9.97 Å². The molecule has 4 aromatic rings. The molecule has 1 amide bonds. The Hall–Kier alpha value is -3.65. The van der Waals surface area contributed by atoms with Gasteiger partial charge in [-0.15, -0.1) is 11.3 Å². The third-order valence-electron chi connectivity index (χ3n) is 7.26. The monoisotopic (exact) mass is 499 g/mol. The number of hydrogen-bond donors (Lipinski definition) is 0. The average Bonchev–Trinajstić information content (AvgIpc) is 3.29. The van der Waals surface area contributed by atoms with Crippen molar-refractivity contribution in [1.29, 1.82) is 0 Å². The molecule has 4 heterocycles. The van der Waals surface area contributed by atoms with Crippen molar-refractivity contribution < 1.29 is 9.53 Å². The predicted octanol–water partition coefficient (Wildman–Crippen LogP) is 4.93. The van der Waals surface area contributed by atoms with Crippen LogP contribution in [0.1, 0.15) is 27.2 Å². The van der Waals surface area contributed by atoms with Crippen molar-refractivity contribution in [2.45, 2.75) is 19.8 Å². The normalized spacial score (nSPS) is 15.8. The zero-order chi connectivity index (χ0) is 24.6. The number of thiophene rings is 1. The number of fused-ring (bicyclic) bond motifs is 2. The summed E-state index contributed by atoms with van der Waals surface area (Å²) in [5.41, 5.74) is 4.37. The smallest absolute Gasteiger partial charge is 0.268 e. The summed E-state index contributed by atoms with van der Waals surface area (Å²) in [6.45, 7) is 6.19. The van der Waals surface area contributed by atoms with Gasteiger partial charge in [0, 0.05) is 38.4 Å². The number of amides is 1. The van der Waals surface area contributed by atoms with Crippen LogP contribution in [0.2, 0.25) is 0 Å². The molecule has 2 aromatic heterocycles. The molecule has 184 valence electrons. The predicted molar refractivity (Wildman–Crippen MR) is 146 cm³/mol. The quantitative estimate of drug-likeness (QED) is 0.397. The van der Waals surface area contributed by atoms with E-state index in [1.54, 1.807) is 13.4 Å². The summed E-state index contributed by atoms with van der Waals surface area (Å²) >= 11 is 1.48. The van der Waals surface area contributed by atoms with E-state index in [0.29, 0.717) is 0 Å². The molecule has 1 saturated heterocycles.